The summed E-state index contributed by atoms with van der Waals surface area (Å²) in [5.41, 5.74) is 7.53. The first-order chi connectivity index (χ1) is 15.1. The number of halogens is 3. The topological polar surface area (TPSA) is 42.0 Å². The van der Waals surface area contributed by atoms with Gasteiger partial charge in [0.05, 0.1) is 21.8 Å². The quantitative estimate of drug-likeness (QED) is 0.290. The lowest BCUT2D eigenvalue weighted by Crippen LogP contribution is -2.14. The summed E-state index contributed by atoms with van der Waals surface area (Å²) in [5.74, 6) is -0.196. The average Bonchev–Trinajstić information content (AvgIpc) is 2.71. The summed E-state index contributed by atoms with van der Waals surface area (Å²) in [6.45, 7) is 7.98. The van der Waals surface area contributed by atoms with Gasteiger partial charge in [0, 0.05) is 26.1 Å². The fourth-order valence-electron chi connectivity index (χ4n) is 3.81. The number of aromatic nitrogens is 1. The zero-order valence-corrected chi connectivity index (χ0v) is 21.2. The highest BCUT2D eigenvalue weighted by molar-refractivity contribution is 9.10. The molecule has 4 rings (SSSR count). The van der Waals surface area contributed by atoms with Gasteiger partial charge in [0.25, 0.3) is 5.91 Å². The number of hydrogen-bond acceptors (Lipinski definition) is 2. The maximum atomic E-state index is 13.5. The molecular formula is C26H21BrCl2N2O. The fraction of sp³-hybridized carbons (Fsp3) is 0.154. The summed E-state index contributed by atoms with van der Waals surface area (Å²) in [5, 5.41) is 4.92. The number of nitrogens with zero attached hydrogens (tertiary/aromatic N) is 1. The minimum atomic E-state index is -0.196. The van der Waals surface area contributed by atoms with Crippen LogP contribution in [0.1, 0.15) is 32.6 Å². The first-order valence-corrected chi connectivity index (χ1v) is 11.6. The number of aryl methyl sites for hydroxylation is 4. The molecule has 0 bridgehead atoms. The van der Waals surface area contributed by atoms with Crippen molar-refractivity contribution in [3.63, 3.8) is 0 Å². The summed E-state index contributed by atoms with van der Waals surface area (Å²) in [6, 6.07) is 15.1. The van der Waals surface area contributed by atoms with Gasteiger partial charge in [0.1, 0.15) is 0 Å². The first kappa shape index (κ1) is 22.8. The summed E-state index contributed by atoms with van der Waals surface area (Å²) in [4.78, 5) is 18.4. The molecule has 32 heavy (non-hydrogen) atoms. The lowest BCUT2D eigenvalue weighted by molar-refractivity contribution is 0.102. The van der Waals surface area contributed by atoms with Crippen LogP contribution < -0.4 is 5.32 Å². The Labute approximate surface area is 205 Å². The summed E-state index contributed by atoms with van der Waals surface area (Å²) in [7, 11) is 0. The Morgan fingerprint density at radius 3 is 2.38 bits per heavy atom. The largest absolute Gasteiger partial charge is 0.322 e. The lowest BCUT2D eigenvalue weighted by atomic mass is 9.99. The highest BCUT2D eigenvalue weighted by atomic mass is 79.9. The number of fused-ring (bicyclic) bond motifs is 1. The normalized spacial score (nSPS) is 11.1. The van der Waals surface area contributed by atoms with Crippen LogP contribution in [0.5, 0.6) is 0 Å². The van der Waals surface area contributed by atoms with Crippen molar-refractivity contribution in [1.82, 2.24) is 4.98 Å². The van der Waals surface area contributed by atoms with Crippen molar-refractivity contribution in [3.8, 4) is 11.3 Å². The Balaban J connectivity index is 1.91. The van der Waals surface area contributed by atoms with Gasteiger partial charge >= 0.3 is 0 Å². The van der Waals surface area contributed by atoms with Crippen LogP contribution in [-0.4, -0.2) is 10.9 Å². The molecule has 1 aromatic heterocycles. The van der Waals surface area contributed by atoms with Crippen molar-refractivity contribution in [1.29, 1.82) is 0 Å². The minimum absolute atomic E-state index is 0.196. The van der Waals surface area contributed by atoms with Crippen LogP contribution in [0.15, 0.2) is 53.0 Å². The monoisotopic (exact) mass is 526 g/mol. The third-order valence-electron chi connectivity index (χ3n) is 5.45. The number of anilines is 1. The van der Waals surface area contributed by atoms with Crippen LogP contribution in [0.25, 0.3) is 22.2 Å². The maximum absolute atomic E-state index is 13.5. The molecule has 0 saturated heterocycles. The van der Waals surface area contributed by atoms with Crippen LogP contribution in [0.3, 0.4) is 0 Å². The van der Waals surface area contributed by atoms with E-state index >= 15 is 0 Å². The highest BCUT2D eigenvalue weighted by Crippen LogP contribution is 2.34. The Kier molecular flexibility index (Phi) is 6.30. The van der Waals surface area contributed by atoms with E-state index in [1.807, 2.05) is 52.0 Å². The van der Waals surface area contributed by atoms with Gasteiger partial charge in [0.2, 0.25) is 0 Å². The van der Waals surface area contributed by atoms with Crippen molar-refractivity contribution in [3.05, 3.63) is 90.9 Å². The van der Waals surface area contributed by atoms with Crippen LogP contribution in [0, 0.1) is 27.7 Å². The molecule has 6 heteroatoms. The zero-order chi connectivity index (χ0) is 23.2. The molecule has 0 unspecified atom stereocenters. The summed E-state index contributed by atoms with van der Waals surface area (Å²) < 4.78 is 1.01. The van der Waals surface area contributed by atoms with Crippen LogP contribution >= 0.6 is 39.1 Å². The summed E-state index contributed by atoms with van der Waals surface area (Å²) in [6.07, 6.45) is 0. The van der Waals surface area contributed by atoms with E-state index in [-0.39, 0.29) is 5.91 Å². The van der Waals surface area contributed by atoms with Crippen molar-refractivity contribution < 1.29 is 4.79 Å². The number of amides is 1. The van der Waals surface area contributed by atoms with E-state index in [1.165, 1.54) is 0 Å². The van der Waals surface area contributed by atoms with Gasteiger partial charge in [-0.15, -0.1) is 0 Å². The van der Waals surface area contributed by atoms with E-state index in [0.717, 1.165) is 48.9 Å². The predicted octanol–water partition coefficient (Wildman–Crippen LogP) is 8.46. The molecule has 0 saturated carbocycles. The first-order valence-electron chi connectivity index (χ1n) is 10.1. The molecule has 0 aliphatic carbocycles. The number of hydrogen-bond donors (Lipinski definition) is 1. The SMILES string of the molecule is Cc1cc(C)c2nc(-c3ccc(Cl)cc3Cl)cc(C(=O)Nc3cc(C)c(Br)cc3C)c2c1. The molecular weight excluding hydrogens is 507 g/mol. The van der Waals surface area contributed by atoms with Crippen LogP contribution in [0.4, 0.5) is 5.69 Å². The molecule has 162 valence electrons. The Hall–Kier alpha value is -2.40. The van der Waals surface area contributed by atoms with E-state index in [2.05, 4.69) is 27.3 Å². The van der Waals surface area contributed by atoms with E-state index < -0.39 is 0 Å². The number of carbonyl (C=O) groups is 1. The average molecular weight is 528 g/mol. The second-order valence-corrected chi connectivity index (χ2v) is 9.73. The molecule has 1 amide bonds. The second kappa shape index (κ2) is 8.86. The molecule has 0 fully saturated rings. The molecule has 0 aliphatic rings. The van der Waals surface area contributed by atoms with E-state index in [0.29, 0.717) is 21.3 Å². The molecule has 0 radical (unpaired) electrons. The second-order valence-electron chi connectivity index (χ2n) is 8.03. The van der Waals surface area contributed by atoms with E-state index in [9.17, 15) is 4.79 Å². The molecule has 0 aliphatic heterocycles. The predicted molar refractivity (Wildman–Crippen MR) is 138 cm³/mol. The van der Waals surface area contributed by atoms with Gasteiger partial charge < -0.3 is 5.32 Å². The molecule has 3 nitrogen and oxygen atoms in total. The number of benzene rings is 3. The van der Waals surface area contributed by atoms with Crippen molar-refractivity contribution in [2.24, 2.45) is 0 Å². The summed E-state index contributed by atoms with van der Waals surface area (Å²) >= 11 is 16.1. The Bertz CT molecular complexity index is 1400. The third kappa shape index (κ3) is 4.40. The van der Waals surface area contributed by atoms with Gasteiger partial charge in [-0.3, -0.25) is 4.79 Å². The van der Waals surface area contributed by atoms with Gasteiger partial charge in [-0.25, -0.2) is 4.98 Å². The molecule has 1 N–H and O–H groups in total. The Morgan fingerprint density at radius 1 is 0.906 bits per heavy atom. The van der Waals surface area contributed by atoms with Gasteiger partial charge in [-0.1, -0.05) is 50.8 Å². The molecule has 0 atom stereocenters. The molecule has 1 heterocycles. The maximum Gasteiger partial charge on any atom is 0.256 e. The lowest BCUT2D eigenvalue weighted by Gasteiger charge is -2.15. The molecule has 0 spiro atoms. The fourth-order valence-corrected chi connectivity index (χ4v) is 4.77. The molecule has 4 aromatic rings. The highest BCUT2D eigenvalue weighted by Gasteiger charge is 2.18. The van der Waals surface area contributed by atoms with Gasteiger partial charge in [0.15, 0.2) is 0 Å². The minimum Gasteiger partial charge on any atom is -0.322 e. The van der Waals surface area contributed by atoms with E-state index in [1.54, 1.807) is 18.2 Å². The standard InChI is InChI=1S/C26H21BrCl2N2O/c1-13-7-16(4)25-19(8-13)20(12-24(30-25)18-6-5-17(28)11-22(18)29)26(32)31-23-10-14(2)21(27)9-15(23)3/h5-12H,1-4H3,(H,31,32). The van der Waals surface area contributed by atoms with Crippen LogP contribution in [-0.2, 0) is 0 Å². The van der Waals surface area contributed by atoms with E-state index in [4.69, 9.17) is 28.2 Å². The number of nitrogens with one attached hydrogen (secondary N) is 1. The smallest absolute Gasteiger partial charge is 0.256 e. The van der Waals surface area contributed by atoms with Crippen LogP contribution in [0.2, 0.25) is 10.0 Å². The van der Waals surface area contributed by atoms with Crippen molar-refractivity contribution in [2.75, 3.05) is 5.32 Å². The number of rotatable bonds is 3. The zero-order valence-electron chi connectivity index (χ0n) is 18.1. The van der Waals surface area contributed by atoms with Gasteiger partial charge in [-0.05, 0) is 86.8 Å². The molecule has 3 aromatic carbocycles. The van der Waals surface area contributed by atoms with Crippen molar-refractivity contribution in [2.45, 2.75) is 27.7 Å². The van der Waals surface area contributed by atoms with Crippen molar-refractivity contribution >= 4 is 61.6 Å². The Morgan fingerprint density at radius 2 is 1.66 bits per heavy atom. The number of carbonyl (C=O) groups excluding carboxylic acids is 1. The third-order valence-corrected chi connectivity index (χ3v) is 6.86. The number of pyridine rings is 1. The van der Waals surface area contributed by atoms with Gasteiger partial charge in [-0.2, -0.15) is 0 Å².